The van der Waals surface area contributed by atoms with Crippen molar-refractivity contribution in [2.75, 3.05) is 0 Å². The summed E-state index contributed by atoms with van der Waals surface area (Å²) in [5.41, 5.74) is 2.27. The van der Waals surface area contributed by atoms with Crippen LogP contribution in [0.1, 0.15) is 16.8 Å². The Balaban J connectivity index is 1.52. The minimum atomic E-state index is -3.88. The topological polar surface area (TPSA) is 85.4 Å². The Morgan fingerprint density at radius 2 is 1.60 bits per heavy atom. The van der Waals surface area contributed by atoms with Gasteiger partial charge < -0.3 is 4.74 Å². The predicted octanol–water partition coefficient (Wildman–Crippen LogP) is 3.79. The summed E-state index contributed by atoms with van der Waals surface area (Å²) >= 11 is 0. The van der Waals surface area contributed by atoms with E-state index in [2.05, 4.69) is 4.98 Å². The number of ether oxygens (including phenoxy) is 1. The van der Waals surface area contributed by atoms with Crippen molar-refractivity contribution in [3.63, 3.8) is 0 Å². The number of pyridine rings is 1. The van der Waals surface area contributed by atoms with Crippen molar-refractivity contribution >= 4 is 28.1 Å². The zero-order valence-electron chi connectivity index (χ0n) is 16.0. The molecule has 0 saturated carbocycles. The minimum absolute atomic E-state index is 0.354. The lowest BCUT2D eigenvalue weighted by molar-refractivity contribution is -0.114. The molecule has 30 heavy (non-hydrogen) atoms. The van der Waals surface area contributed by atoms with Crippen LogP contribution in [0.3, 0.4) is 0 Å². The summed E-state index contributed by atoms with van der Waals surface area (Å²) in [4.78, 5) is 16.1. The number of hydrogen-bond acceptors (Lipinski definition) is 5. The molecule has 6 nitrogen and oxygen atoms in total. The highest BCUT2D eigenvalue weighted by molar-refractivity contribution is 7.93. The van der Waals surface area contributed by atoms with Crippen LogP contribution in [0.2, 0.25) is 0 Å². The second-order valence-corrected chi connectivity index (χ2v) is 7.80. The normalized spacial score (nSPS) is 11.6. The Hall–Kier alpha value is -3.71. The summed E-state index contributed by atoms with van der Waals surface area (Å²) < 4.78 is 31.6. The number of carbonyl (C=O) groups is 1. The quantitative estimate of drug-likeness (QED) is 0.561. The van der Waals surface area contributed by atoms with Gasteiger partial charge in [0.2, 0.25) is 0 Å². The second-order valence-electron chi connectivity index (χ2n) is 6.24. The molecule has 1 amide bonds. The number of hydrogen-bond donors (Lipinski definition) is 1. The highest BCUT2D eigenvalue weighted by Gasteiger charge is 2.08. The predicted molar refractivity (Wildman–Crippen MR) is 117 cm³/mol. The van der Waals surface area contributed by atoms with Crippen molar-refractivity contribution in [1.29, 1.82) is 0 Å². The van der Waals surface area contributed by atoms with Crippen molar-refractivity contribution in [2.24, 2.45) is 0 Å². The van der Waals surface area contributed by atoms with Crippen LogP contribution in [0.5, 0.6) is 5.75 Å². The number of aromatic nitrogens is 1. The largest absolute Gasteiger partial charge is 0.487 e. The van der Waals surface area contributed by atoms with E-state index in [1.54, 1.807) is 54.7 Å². The van der Waals surface area contributed by atoms with Crippen molar-refractivity contribution in [3.05, 3.63) is 107 Å². The van der Waals surface area contributed by atoms with Gasteiger partial charge in [-0.15, -0.1) is 0 Å². The van der Waals surface area contributed by atoms with Crippen LogP contribution in [-0.2, 0) is 21.4 Å². The van der Waals surface area contributed by atoms with E-state index in [0.717, 1.165) is 28.3 Å². The van der Waals surface area contributed by atoms with Crippen LogP contribution in [0.4, 0.5) is 0 Å². The number of nitrogens with zero attached hydrogens (tertiary/aromatic N) is 1. The van der Waals surface area contributed by atoms with E-state index in [1.165, 1.54) is 12.2 Å². The number of amides is 1. The van der Waals surface area contributed by atoms with Crippen LogP contribution in [0.15, 0.2) is 90.5 Å². The summed E-state index contributed by atoms with van der Waals surface area (Å²) in [6.07, 6.45) is 5.81. The second kappa shape index (κ2) is 10.2. The summed E-state index contributed by atoms with van der Waals surface area (Å²) in [6, 6.07) is 21.6. The Morgan fingerprint density at radius 1 is 0.900 bits per heavy atom. The zero-order chi connectivity index (χ0) is 21.2. The van der Waals surface area contributed by atoms with Gasteiger partial charge in [0.1, 0.15) is 12.4 Å². The molecule has 0 fully saturated rings. The highest BCUT2D eigenvalue weighted by atomic mass is 32.2. The van der Waals surface area contributed by atoms with Gasteiger partial charge in [-0.2, -0.15) is 0 Å². The molecule has 0 aliphatic rings. The number of sulfonamides is 1. The molecule has 2 aromatic carbocycles. The van der Waals surface area contributed by atoms with Gasteiger partial charge in [-0.3, -0.25) is 9.78 Å². The molecule has 1 N–H and O–H groups in total. The smallest absolute Gasteiger partial charge is 0.257 e. The SMILES string of the molecule is O=C(/C=C/c1ccc(OCc2ccccn2)cc1)NS(=O)(=O)/C=C/c1ccccc1. The fourth-order valence-corrected chi connectivity index (χ4v) is 3.18. The fourth-order valence-electron chi connectivity index (χ4n) is 2.43. The van der Waals surface area contributed by atoms with Crippen LogP contribution in [0.25, 0.3) is 12.2 Å². The average molecular weight is 420 g/mol. The third-order valence-corrected chi connectivity index (χ3v) is 4.88. The molecule has 0 radical (unpaired) electrons. The first-order chi connectivity index (χ1) is 14.5. The molecular formula is C23H20N2O4S. The molecular weight excluding hydrogens is 400 g/mol. The first kappa shape index (κ1) is 21.0. The van der Waals surface area contributed by atoms with Crippen molar-refractivity contribution in [3.8, 4) is 5.75 Å². The number of nitrogens with one attached hydrogen (secondary N) is 1. The molecule has 0 spiro atoms. The number of benzene rings is 2. The Kier molecular flexibility index (Phi) is 7.13. The molecule has 0 aliphatic heterocycles. The third kappa shape index (κ3) is 7.03. The lowest BCUT2D eigenvalue weighted by Crippen LogP contribution is -2.26. The number of rotatable bonds is 8. The van der Waals surface area contributed by atoms with Crippen LogP contribution in [-0.4, -0.2) is 19.3 Å². The first-order valence-electron chi connectivity index (χ1n) is 9.11. The molecule has 0 atom stereocenters. The Bertz CT molecular complexity index is 1120. The zero-order valence-corrected chi connectivity index (χ0v) is 16.8. The molecule has 3 rings (SSSR count). The van der Waals surface area contributed by atoms with Gasteiger partial charge in [-0.25, -0.2) is 13.1 Å². The van der Waals surface area contributed by atoms with Crippen molar-refractivity contribution < 1.29 is 17.9 Å². The average Bonchev–Trinajstić information content (AvgIpc) is 2.77. The molecule has 0 unspecified atom stereocenters. The molecule has 1 aromatic heterocycles. The van der Waals surface area contributed by atoms with Crippen LogP contribution >= 0.6 is 0 Å². The van der Waals surface area contributed by atoms with Gasteiger partial charge in [-0.1, -0.05) is 48.5 Å². The van der Waals surface area contributed by atoms with Crippen molar-refractivity contribution in [2.45, 2.75) is 6.61 Å². The summed E-state index contributed by atoms with van der Waals surface area (Å²) in [5.74, 6) is -0.0703. The van der Waals surface area contributed by atoms with E-state index in [0.29, 0.717) is 12.4 Å². The summed E-state index contributed by atoms with van der Waals surface area (Å²) in [6.45, 7) is 0.354. The lowest BCUT2D eigenvalue weighted by atomic mass is 10.2. The van der Waals surface area contributed by atoms with Gasteiger partial charge >= 0.3 is 0 Å². The summed E-state index contributed by atoms with van der Waals surface area (Å²) in [5, 5.41) is 0.960. The molecule has 7 heteroatoms. The molecule has 0 saturated heterocycles. The van der Waals surface area contributed by atoms with Crippen LogP contribution < -0.4 is 9.46 Å². The molecule has 0 bridgehead atoms. The van der Waals surface area contributed by atoms with E-state index in [9.17, 15) is 13.2 Å². The van der Waals surface area contributed by atoms with E-state index >= 15 is 0 Å². The van der Waals surface area contributed by atoms with Gasteiger partial charge in [0.15, 0.2) is 0 Å². The molecule has 3 aromatic rings. The summed E-state index contributed by atoms with van der Waals surface area (Å²) in [7, 11) is -3.88. The number of carbonyl (C=O) groups excluding carboxylic acids is 1. The maximum Gasteiger partial charge on any atom is 0.257 e. The fraction of sp³-hybridized carbons (Fsp3) is 0.0435. The maximum atomic E-state index is 12.0. The van der Waals surface area contributed by atoms with E-state index in [-0.39, 0.29) is 0 Å². The minimum Gasteiger partial charge on any atom is -0.487 e. The maximum absolute atomic E-state index is 12.0. The van der Waals surface area contributed by atoms with Crippen LogP contribution in [0, 0.1) is 0 Å². The van der Waals surface area contributed by atoms with Gasteiger partial charge in [-0.05, 0) is 47.5 Å². The lowest BCUT2D eigenvalue weighted by Gasteiger charge is -2.05. The van der Waals surface area contributed by atoms with Crippen molar-refractivity contribution in [1.82, 2.24) is 9.71 Å². The van der Waals surface area contributed by atoms with E-state index in [1.807, 2.05) is 29.0 Å². The Morgan fingerprint density at radius 3 is 2.30 bits per heavy atom. The van der Waals surface area contributed by atoms with Gasteiger partial charge in [0.05, 0.1) is 11.1 Å². The molecule has 0 aliphatic carbocycles. The molecule has 1 heterocycles. The van der Waals surface area contributed by atoms with Gasteiger partial charge in [0, 0.05) is 12.3 Å². The monoisotopic (exact) mass is 420 g/mol. The standard InChI is InChI=1S/C23H20N2O4S/c26-23(25-30(27,28)17-15-19-6-2-1-3-7-19)14-11-20-9-12-22(13-10-20)29-18-21-8-4-5-16-24-21/h1-17H,18H2,(H,25,26)/b14-11+,17-15+. The highest BCUT2D eigenvalue weighted by Crippen LogP contribution is 2.14. The Labute approximate surface area is 175 Å². The third-order valence-electron chi connectivity index (χ3n) is 3.90. The first-order valence-corrected chi connectivity index (χ1v) is 10.7. The van der Waals surface area contributed by atoms with E-state index in [4.69, 9.17) is 4.74 Å². The molecule has 152 valence electrons. The van der Waals surface area contributed by atoms with E-state index < -0.39 is 15.9 Å². The van der Waals surface area contributed by atoms with Gasteiger partial charge in [0.25, 0.3) is 15.9 Å².